The minimum absolute atomic E-state index is 0.0453. The number of halogens is 2. The maximum Gasteiger partial charge on any atom is 0.183 e. The van der Waals surface area contributed by atoms with E-state index in [0.29, 0.717) is 4.47 Å². The van der Waals surface area contributed by atoms with E-state index >= 15 is 0 Å². The SMILES string of the molecule is N#Cc1ncccc1Oc1cc(Br)ccc1F. The highest BCUT2D eigenvalue weighted by Gasteiger charge is 2.09. The zero-order valence-electron chi connectivity index (χ0n) is 8.52. The van der Waals surface area contributed by atoms with Crippen LogP contribution in [0.1, 0.15) is 5.69 Å². The highest BCUT2D eigenvalue weighted by molar-refractivity contribution is 9.10. The number of hydrogen-bond acceptors (Lipinski definition) is 3. The average Bonchev–Trinajstić information content (AvgIpc) is 2.34. The van der Waals surface area contributed by atoms with Crippen LogP contribution < -0.4 is 4.74 Å². The molecule has 84 valence electrons. The van der Waals surface area contributed by atoms with Crippen molar-refractivity contribution in [3.63, 3.8) is 0 Å². The summed E-state index contributed by atoms with van der Waals surface area (Å²) in [5.74, 6) is -0.225. The molecule has 0 unspecified atom stereocenters. The molecule has 0 saturated carbocycles. The molecule has 1 aromatic carbocycles. The van der Waals surface area contributed by atoms with E-state index < -0.39 is 5.82 Å². The van der Waals surface area contributed by atoms with E-state index in [0.717, 1.165) is 0 Å². The molecule has 0 fully saturated rings. The van der Waals surface area contributed by atoms with E-state index in [1.54, 1.807) is 18.2 Å². The maximum atomic E-state index is 13.4. The Hall–Kier alpha value is -1.93. The smallest absolute Gasteiger partial charge is 0.183 e. The summed E-state index contributed by atoms with van der Waals surface area (Å²) in [6.45, 7) is 0. The fourth-order valence-electron chi connectivity index (χ4n) is 1.23. The molecule has 2 aromatic rings. The number of ether oxygens (including phenoxy) is 1. The summed E-state index contributed by atoms with van der Waals surface area (Å²) in [5, 5.41) is 8.82. The molecular formula is C12H6BrFN2O. The number of aromatic nitrogens is 1. The van der Waals surface area contributed by atoms with Crippen molar-refractivity contribution in [2.45, 2.75) is 0 Å². The Morgan fingerprint density at radius 2 is 2.12 bits per heavy atom. The average molecular weight is 293 g/mol. The molecule has 1 heterocycles. The molecule has 0 saturated heterocycles. The van der Waals surface area contributed by atoms with Crippen molar-refractivity contribution in [1.82, 2.24) is 4.98 Å². The van der Waals surface area contributed by atoms with Gasteiger partial charge in [0, 0.05) is 10.7 Å². The Morgan fingerprint density at radius 1 is 1.29 bits per heavy atom. The van der Waals surface area contributed by atoms with Gasteiger partial charge in [0.25, 0.3) is 0 Å². The van der Waals surface area contributed by atoms with Gasteiger partial charge in [-0.25, -0.2) is 9.37 Å². The van der Waals surface area contributed by atoms with Gasteiger partial charge in [-0.3, -0.25) is 0 Å². The molecule has 0 amide bonds. The fourth-order valence-corrected chi connectivity index (χ4v) is 1.57. The predicted molar refractivity (Wildman–Crippen MR) is 63.1 cm³/mol. The van der Waals surface area contributed by atoms with Crippen molar-refractivity contribution in [2.24, 2.45) is 0 Å². The van der Waals surface area contributed by atoms with E-state index in [9.17, 15) is 4.39 Å². The standard InChI is InChI=1S/C12H6BrFN2O/c13-8-3-4-9(14)12(6-8)17-11-2-1-5-16-10(11)7-15/h1-6H. The summed E-state index contributed by atoms with van der Waals surface area (Å²) in [4.78, 5) is 3.83. The normalized spacial score (nSPS) is 9.71. The lowest BCUT2D eigenvalue weighted by molar-refractivity contribution is 0.439. The second kappa shape index (κ2) is 4.93. The van der Waals surface area contributed by atoms with Gasteiger partial charge >= 0.3 is 0 Å². The first-order valence-electron chi connectivity index (χ1n) is 4.69. The Kier molecular flexibility index (Phi) is 3.35. The van der Waals surface area contributed by atoms with Crippen LogP contribution >= 0.6 is 15.9 Å². The van der Waals surface area contributed by atoms with Crippen LogP contribution in [-0.2, 0) is 0 Å². The van der Waals surface area contributed by atoms with Crippen LogP contribution in [0.15, 0.2) is 41.0 Å². The van der Waals surface area contributed by atoms with Crippen molar-refractivity contribution in [3.8, 4) is 17.6 Å². The number of hydrogen-bond donors (Lipinski definition) is 0. The zero-order chi connectivity index (χ0) is 12.3. The summed E-state index contributed by atoms with van der Waals surface area (Å²) < 4.78 is 19.5. The predicted octanol–water partition coefficient (Wildman–Crippen LogP) is 3.65. The van der Waals surface area contributed by atoms with E-state index in [1.165, 1.54) is 18.3 Å². The van der Waals surface area contributed by atoms with E-state index in [1.807, 2.05) is 6.07 Å². The van der Waals surface area contributed by atoms with Crippen molar-refractivity contribution in [2.75, 3.05) is 0 Å². The van der Waals surface area contributed by atoms with Crippen molar-refractivity contribution < 1.29 is 9.13 Å². The first kappa shape index (κ1) is 11.6. The van der Waals surface area contributed by atoms with Crippen LogP contribution in [0.25, 0.3) is 0 Å². The second-order valence-electron chi connectivity index (χ2n) is 3.14. The quantitative estimate of drug-likeness (QED) is 0.849. The first-order valence-corrected chi connectivity index (χ1v) is 5.48. The summed E-state index contributed by atoms with van der Waals surface area (Å²) in [5.41, 5.74) is 0.117. The summed E-state index contributed by atoms with van der Waals surface area (Å²) in [7, 11) is 0. The summed E-state index contributed by atoms with van der Waals surface area (Å²) in [6, 6.07) is 9.39. The van der Waals surface area contributed by atoms with Gasteiger partial charge in [-0.15, -0.1) is 0 Å². The van der Waals surface area contributed by atoms with Crippen LogP contribution in [0, 0.1) is 17.1 Å². The molecule has 0 aliphatic heterocycles. The van der Waals surface area contributed by atoms with Gasteiger partial charge in [0.2, 0.25) is 0 Å². The lowest BCUT2D eigenvalue weighted by atomic mass is 10.3. The van der Waals surface area contributed by atoms with Gasteiger partial charge in [0.15, 0.2) is 23.0 Å². The minimum atomic E-state index is -0.499. The van der Waals surface area contributed by atoms with Crippen LogP contribution in [-0.4, -0.2) is 4.98 Å². The van der Waals surface area contributed by atoms with E-state index in [2.05, 4.69) is 20.9 Å². The number of rotatable bonds is 2. The van der Waals surface area contributed by atoms with Gasteiger partial charge in [-0.2, -0.15) is 5.26 Å². The minimum Gasteiger partial charge on any atom is -0.451 e. The highest BCUT2D eigenvalue weighted by atomic mass is 79.9. The first-order chi connectivity index (χ1) is 8.20. The summed E-state index contributed by atoms with van der Waals surface area (Å²) >= 11 is 3.22. The third-order valence-corrected chi connectivity index (χ3v) is 2.48. The molecule has 0 bridgehead atoms. The molecule has 2 rings (SSSR count). The Morgan fingerprint density at radius 3 is 2.88 bits per heavy atom. The third-order valence-electron chi connectivity index (χ3n) is 1.99. The van der Waals surface area contributed by atoms with Crippen LogP contribution in [0.2, 0.25) is 0 Å². The lowest BCUT2D eigenvalue weighted by Gasteiger charge is -2.07. The highest BCUT2D eigenvalue weighted by Crippen LogP contribution is 2.28. The molecule has 5 heteroatoms. The van der Waals surface area contributed by atoms with Gasteiger partial charge in [0.05, 0.1) is 0 Å². The summed E-state index contributed by atoms with van der Waals surface area (Å²) in [6.07, 6.45) is 1.47. The molecular weight excluding hydrogens is 287 g/mol. The number of pyridine rings is 1. The zero-order valence-corrected chi connectivity index (χ0v) is 10.1. The van der Waals surface area contributed by atoms with E-state index in [-0.39, 0.29) is 17.2 Å². The lowest BCUT2D eigenvalue weighted by Crippen LogP contribution is -1.92. The molecule has 0 N–H and O–H groups in total. The van der Waals surface area contributed by atoms with Crippen LogP contribution in [0.4, 0.5) is 4.39 Å². The Bertz CT molecular complexity index is 595. The van der Waals surface area contributed by atoms with E-state index in [4.69, 9.17) is 10.00 Å². The van der Waals surface area contributed by atoms with Gasteiger partial charge in [-0.1, -0.05) is 15.9 Å². The molecule has 0 aliphatic carbocycles. The molecule has 0 radical (unpaired) electrons. The second-order valence-corrected chi connectivity index (χ2v) is 4.05. The third kappa shape index (κ3) is 2.60. The number of nitrogens with zero attached hydrogens (tertiary/aromatic N) is 2. The molecule has 0 aliphatic rings. The van der Waals surface area contributed by atoms with Gasteiger partial charge in [-0.05, 0) is 30.3 Å². The molecule has 1 aromatic heterocycles. The van der Waals surface area contributed by atoms with Crippen molar-refractivity contribution in [3.05, 3.63) is 52.5 Å². The van der Waals surface area contributed by atoms with Gasteiger partial charge < -0.3 is 4.74 Å². The molecule has 0 spiro atoms. The Balaban J connectivity index is 2.38. The Labute approximate surface area is 106 Å². The fraction of sp³-hybridized carbons (Fsp3) is 0. The monoisotopic (exact) mass is 292 g/mol. The van der Waals surface area contributed by atoms with Crippen LogP contribution in [0.5, 0.6) is 11.5 Å². The maximum absolute atomic E-state index is 13.4. The molecule has 0 atom stereocenters. The number of benzene rings is 1. The molecule has 3 nitrogen and oxygen atoms in total. The largest absolute Gasteiger partial charge is 0.451 e. The molecule has 17 heavy (non-hydrogen) atoms. The topological polar surface area (TPSA) is 45.9 Å². The van der Waals surface area contributed by atoms with Crippen LogP contribution in [0.3, 0.4) is 0 Å². The van der Waals surface area contributed by atoms with Crippen molar-refractivity contribution >= 4 is 15.9 Å². The van der Waals surface area contributed by atoms with Crippen molar-refractivity contribution in [1.29, 1.82) is 5.26 Å². The van der Waals surface area contributed by atoms with Gasteiger partial charge in [0.1, 0.15) is 6.07 Å². The number of nitriles is 1.